The van der Waals surface area contributed by atoms with E-state index in [4.69, 9.17) is 5.73 Å². The first-order valence-corrected chi connectivity index (χ1v) is 8.62. The van der Waals surface area contributed by atoms with Crippen LogP contribution in [0, 0.1) is 0 Å². The molecule has 3 fully saturated rings. The Morgan fingerprint density at radius 1 is 1.22 bits per heavy atom. The van der Waals surface area contributed by atoms with E-state index in [0.29, 0.717) is 10.8 Å². The van der Waals surface area contributed by atoms with Crippen molar-refractivity contribution in [3.8, 4) is 0 Å². The molecule has 104 valence electrons. The highest BCUT2D eigenvalue weighted by atomic mass is 32.2. The molecule has 2 N–H and O–H groups in total. The summed E-state index contributed by atoms with van der Waals surface area (Å²) in [5.41, 5.74) is 6.49. The maximum absolute atomic E-state index is 6.20. The molecule has 4 heteroatoms. The minimum atomic E-state index is 0.290. The van der Waals surface area contributed by atoms with Crippen LogP contribution in [0.15, 0.2) is 0 Å². The van der Waals surface area contributed by atoms with Gasteiger partial charge in [0.1, 0.15) is 0 Å². The van der Waals surface area contributed by atoms with Crippen LogP contribution in [0.5, 0.6) is 0 Å². The first-order chi connectivity index (χ1) is 8.76. The largest absolute Gasteiger partial charge is 0.329 e. The Balaban J connectivity index is 1.64. The molecule has 3 nitrogen and oxygen atoms in total. The van der Waals surface area contributed by atoms with Crippen molar-refractivity contribution in [3.63, 3.8) is 0 Å². The molecule has 2 aliphatic heterocycles. The molecule has 0 spiro atoms. The van der Waals surface area contributed by atoms with Gasteiger partial charge in [0.25, 0.3) is 0 Å². The van der Waals surface area contributed by atoms with Gasteiger partial charge in [0, 0.05) is 49.6 Å². The van der Waals surface area contributed by atoms with Gasteiger partial charge in [0.15, 0.2) is 0 Å². The van der Waals surface area contributed by atoms with E-state index in [1.165, 1.54) is 57.6 Å². The molecule has 0 bridgehead atoms. The summed E-state index contributed by atoms with van der Waals surface area (Å²) in [7, 11) is 0. The van der Waals surface area contributed by atoms with Crippen LogP contribution < -0.4 is 5.73 Å². The normalized spacial score (nSPS) is 40.0. The van der Waals surface area contributed by atoms with Gasteiger partial charge in [-0.2, -0.15) is 11.8 Å². The molecule has 2 unspecified atom stereocenters. The van der Waals surface area contributed by atoms with Gasteiger partial charge in [-0.25, -0.2) is 0 Å². The van der Waals surface area contributed by atoms with Gasteiger partial charge in [-0.1, -0.05) is 6.92 Å². The summed E-state index contributed by atoms with van der Waals surface area (Å²) in [6.07, 6.45) is 5.53. The molecule has 3 aliphatic rings. The molecule has 18 heavy (non-hydrogen) atoms. The summed E-state index contributed by atoms with van der Waals surface area (Å²) in [6.45, 7) is 8.24. The molecule has 0 aromatic rings. The highest BCUT2D eigenvalue weighted by molar-refractivity contribution is 8.00. The molecule has 2 heterocycles. The maximum atomic E-state index is 6.20. The minimum absolute atomic E-state index is 0.290. The molecule has 2 atom stereocenters. The zero-order valence-corrected chi connectivity index (χ0v) is 12.4. The van der Waals surface area contributed by atoms with E-state index in [-0.39, 0.29) is 0 Å². The van der Waals surface area contributed by atoms with Crippen LogP contribution in [0.1, 0.15) is 32.6 Å². The van der Waals surface area contributed by atoms with Gasteiger partial charge in [-0.05, 0) is 31.4 Å². The number of hydrogen-bond acceptors (Lipinski definition) is 4. The third-order valence-corrected chi connectivity index (χ3v) is 6.70. The number of thioether (sulfide) groups is 1. The van der Waals surface area contributed by atoms with Crippen molar-refractivity contribution in [3.05, 3.63) is 0 Å². The second-order valence-corrected chi connectivity index (χ2v) is 7.63. The summed E-state index contributed by atoms with van der Waals surface area (Å²) in [6, 6.07) is 0.930. The quantitative estimate of drug-likeness (QED) is 0.839. The fourth-order valence-corrected chi connectivity index (χ4v) is 5.12. The number of nitrogens with two attached hydrogens (primary N) is 1. The smallest absolute Gasteiger partial charge is 0.0448 e. The van der Waals surface area contributed by atoms with Crippen molar-refractivity contribution < 1.29 is 0 Å². The Hall–Kier alpha value is 0.230. The van der Waals surface area contributed by atoms with Crippen LogP contribution in [0.3, 0.4) is 0 Å². The van der Waals surface area contributed by atoms with E-state index >= 15 is 0 Å². The lowest BCUT2D eigenvalue weighted by atomic mass is 9.87. The summed E-state index contributed by atoms with van der Waals surface area (Å²) >= 11 is 2.13. The molecule has 0 radical (unpaired) electrons. The summed E-state index contributed by atoms with van der Waals surface area (Å²) < 4.78 is 0. The van der Waals surface area contributed by atoms with E-state index in [1.54, 1.807) is 0 Å². The lowest BCUT2D eigenvalue weighted by Crippen LogP contribution is -2.65. The van der Waals surface area contributed by atoms with Crippen molar-refractivity contribution >= 4 is 11.8 Å². The van der Waals surface area contributed by atoms with Gasteiger partial charge in [0.05, 0.1) is 0 Å². The first-order valence-electron chi connectivity index (χ1n) is 7.57. The predicted octanol–water partition coefficient (Wildman–Crippen LogP) is 1.38. The SMILES string of the molecule is CC1SCCCC1(CN)N1CCN(C2CC2)CC1. The van der Waals surface area contributed by atoms with Crippen LogP contribution in [-0.2, 0) is 0 Å². The minimum Gasteiger partial charge on any atom is -0.329 e. The topological polar surface area (TPSA) is 32.5 Å². The Kier molecular flexibility index (Phi) is 3.90. The molecule has 1 aliphatic carbocycles. The predicted molar refractivity (Wildman–Crippen MR) is 79.1 cm³/mol. The summed E-state index contributed by atoms with van der Waals surface area (Å²) in [5.74, 6) is 1.32. The van der Waals surface area contributed by atoms with Crippen molar-refractivity contribution in [1.29, 1.82) is 0 Å². The Bertz CT molecular complexity index is 287. The number of rotatable bonds is 3. The van der Waals surface area contributed by atoms with Crippen molar-refractivity contribution in [1.82, 2.24) is 9.80 Å². The number of piperazine rings is 1. The average molecular weight is 269 g/mol. The average Bonchev–Trinajstić information content (AvgIpc) is 3.24. The van der Waals surface area contributed by atoms with E-state index in [1.807, 2.05) is 0 Å². The molecule has 1 saturated carbocycles. The standard InChI is InChI=1S/C14H27N3S/c1-12-14(11-15,5-2-10-18-12)17-8-6-16(7-9-17)13-3-4-13/h12-13H,2-11,15H2,1H3. The monoisotopic (exact) mass is 269 g/mol. The van der Waals surface area contributed by atoms with E-state index in [0.717, 1.165) is 12.6 Å². The Morgan fingerprint density at radius 3 is 2.50 bits per heavy atom. The number of hydrogen-bond donors (Lipinski definition) is 1. The summed E-state index contributed by atoms with van der Waals surface area (Å²) in [5, 5.41) is 0.698. The first kappa shape index (κ1) is 13.2. The van der Waals surface area contributed by atoms with Crippen LogP contribution in [-0.4, -0.2) is 65.1 Å². The molecular weight excluding hydrogens is 242 g/mol. The fourth-order valence-electron chi connectivity index (χ4n) is 3.78. The van der Waals surface area contributed by atoms with Gasteiger partial charge in [-0.3, -0.25) is 9.80 Å². The van der Waals surface area contributed by atoms with E-state index in [9.17, 15) is 0 Å². The van der Waals surface area contributed by atoms with Crippen LogP contribution >= 0.6 is 11.8 Å². The molecule has 2 saturated heterocycles. The maximum Gasteiger partial charge on any atom is 0.0448 e. The van der Waals surface area contributed by atoms with E-state index < -0.39 is 0 Å². The highest BCUT2D eigenvalue weighted by Crippen LogP contribution is 2.39. The second kappa shape index (κ2) is 5.31. The molecule has 0 aromatic heterocycles. The zero-order valence-electron chi connectivity index (χ0n) is 11.6. The van der Waals surface area contributed by atoms with Gasteiger partial charge >= 0.3 is 0 Å². The summed E-state index contributed by atoms with van der Waals surface area (Å²) in [4.78, 5) is 5.42. The second-order valence-electron chi connectivity index (χ2n) is 6.18. The van der Waals surface area contributed by atoms with Gasteiger partial charge in [0.2, 0.25) is 0 Å². The Labute approximate surface area is 115 Å². The van der Waals surface area contributed by atoms with Crippen molar-refractivity contribution in [2.75, 3.05) is 38.5 Å². The highest BCUT2D eigenvalue weighted by Gasteiger charge is 2.44. The van der Waals surface area contributed by atoms with E-state index in [2.05, 4.69) is 28.5 Å². The van der Waals surface area contributed by atoms with Crippen molar-refractivity contribution in [2.24, 2.45) is 5.73 Å². The Morgan fingerprint density at radius 2 is 1.94 bits per heavy atom. The molecule has 3 rings (SSSR count). The third-order valence-electron chi connectivity index (χ3n) is 5.24. The van der Waals surface area contributed by atoms with Crippen LogP contribution in [0.2, 0.25) is 0 Å². The van der Waals surface area contributed by atoms with Gasteiger partial charge in [-0.15, -0.1) is 0 Å². The van der Waals surface area contributed by atoms with Crippen molar-refractivity contribution in [2.45, 2.75) is 49.4 Å². The fraction of sp³-hybridized carbons (Fsp3) is 1.00. The third kappa shape index (κ3) is 2.33. The molecule has 0 aromatic carbocycles. The zero-order chi connectivity index (χ0) is 12.6. The molecular formula is C14H27N3S. The lowest BCUT2D eigenvalue weighted by Gasteiger charge is -2.52. The van der Waals surface area contributed by atoms with Crippen LogP contribution in [0.4, 0.5) is 0 Å². The van der Waals surface area contributed by atoms with Gasteiger partial charge < -0.3 is 5.73 Å². The molecule has 0 amide bonds. The lowest BCUT2D eigenvalue weighted by molar-refractivity contribution is 0.0265. The number of nitrogens with zero attached hydrogens (tertiary/aromatic N) is 2. The van der Waals surface area contributed by atoms with Crippen LogP contribution in [0.25, 0.3) is 0 Å².